The van der Waals surface area contributed by atoms with Crippen LogP contribution in [0.4, 0.5) is 0 Å². The van der Waals surface area contributed by atoms with Crippen LogP contribution in [0.25, 0.3) is 0 Å². The summed E-state index contributed by atoms with van der Waals surface area (Å²) in [5.74, 6) is -1.42. The molecule has 0 amide bonds. The second kappa shape index (κ2) is 5.13. The minimum Gasteiger partial charge on any atom is -0.481 e. The molecule has 3 nitrogen and oxygen atoms in total. The van der Waals surface area contributed by atoms with Gasteiger partial charge >= 0.3 is 5.97 Å². The number of hydrogen-bond acceptors (Lipinski definition) is 3. The highest BCUT2D eigenvalue weighted by molar-refractivity contribution is 9.11. The molecule has 1 aromatic rings. The number of carboxylic acid groups (broad SMARTS) is 1. The lowest BCUT2D eigenvalue weighted by Gasteiger charge is -2.12. The molecular formula is C13H15BrO3S. The van der Waals surface area contributed by atoms with E-state index in [0.29, 0.717) is 23.6 Å². The normalized spacial score (nSPS) is 27.4. The van der Waals surface area contributed by atoms with Gasteiger partial charge in [0.15, 0.2) is 5.78 Å². The van der Waals surface area contributed by atoms with Crippen LogP contribution in [0.5, 0.6) is 0 Å². The van der Waals surface area contributed by atoms with Gasteiger partial charge in [0.25, 0.3) is 0 Å². The number of thiophene rings is 1. The van der Waals surface area contributed by atoms with Gasteiger partial charge in [-0.3, -0.25) is 9.59 Å². The predicted molar refractivity (Wildman–Crippen MR) is 74.1 cm³/mol. The molecule has 1 aliphatic rings. The maximum atomic E-state index is 12.4. The summed E-state index contributed by atoms with van der Waals surface area (Å²) in [6.07, 6.45) is 1.29. The lowest BCUT2D eigenvalue weighted by Crippen LogP contribution is -2.24. The third-order valence-electron chi connectivity index (χ3n) is 3.55. The third kappa shape index (κ3) is 2.52. The fourth-order valence-corrected chi connectivity index (χ4v) is 4.16. The van der Waals surface area contributed by atoms with Crippen LogP contribution in [-0.2, 0) is 4.79 Å². The van der Waals surface area contributed by atoms with Crippen molar-refractivity contribution in [1.82, 2.24) is 0 Å². The first-order chi connectivity index (χ1) is 8.40. The molecule has 0 saturated heterocycles. The van der Waals surface area contributed by atoms with Crippen molar-refractivity contribution in [3.05, 3.63) is 20.3 Å². The maximum Gasteiger partial charge on any atom is 0.307 e. The number of ketones is 1. The van der Waals surface area contributed by atoms with Gasteiger partial charge in [-0.15, -0.1) is 11.3 Å². The quantitative estimate of drug-likeness (QED) is 0.858. The van der Waals surface area contributed by atoms with Crippen LogP contribution >= 0.6 is 27.3 Å². The fraction of sp³-hybridized carbons (Fsp3) is 0.538. The van der Waals surface area contributed by atoms with Crippen LogP contribution in [0, 0.1) is 24.7 Å². The van der Waals surface area contributed by atoms with Crippen molar-refractivity contribution in [2.45, 2.75) is 26.7 Å². The minimum atomic E-state index is -0.843. The molecule has 0 spiro atoms. The van der Waals surface area contributed by atoms with Crippen molar-refractivity contribution >= 4 is 39.0 Å². The van der Waals surface area contributed by atoms with Crippen LogP contribution in [0.3, 0.4) is 0 Å². The van der Waals surface area contributed by atoms with E-state index >= 15 is 0 Å². The molecule has 1 aliphatic carbocycles. The molecule has 3 atom stereocenters. The first kappa shape index (κ1) is 13.7. The molecular weight excluding hydrogens is 316 g/mol. The van der Waals surface area contributed by atoms with Crippen LogP contribution in [0.1, 0.15) is 35.0 Å². The molecule has 0 radical (unpaired) electrons. The van der Waals surface area contributed by atoms with E-state index in [1.165, 1.54) is 11.3 Å². The van der Waals surface area contributed by atoms with Crippen molar-refractivity contribution < 1.29 is 14.7 Å². The van der Waals surface area contributed by atoms with Gasteiger partial charge in [0.1, 0.15) is 0 Å². The van der Waals surface area contributed by atoms with E-state index in [-0.39, 0.29) is 11.7 Å². The Morgan fingerprint density at radius 1 is 1.39 bits per heavy atom. The smallest absolute Gasteiger partial charge is 0.307 e. The summed E-state index contributed by atoms with van der Waals surface area (Å²) in [6.45, 7) is 3.95. The number of aliphatic carboxylic acids is 1. The highest BCUT2D eigenvalue weighted by Crippen LogP contribution is 2.40. The van der Waals surface area contributed by atoms with Crippen molar-refractivity contribution in [2.24, 2.45) is 17.8 Å². The van der Waals surface area contributed by atoms with Gasteiger partial charge in [-0.2, -0.15) is 0 Å². The fourth-order valence-electron chi connectivity index (χ4n) is 2.62. The van der Waals surface area contributed by atoms with Gasteiger partial charge in [0.2, 0.25) is 0 Å². The third-order valence-corrected chi connectivity index (χ3v) is 5.70. The largest absolute Gasteiger partial charge is 0.481 e. The number of carbonyl (C=O) groups excluding carboxylic acids is 1. The van der Waals surface area contributed by atoms with E-state index < -0.39 is 11.9 Å². The SMILES string of the molecule is Cc1cc(C(=O)C2CC(C)CC2C(=O)O)sc1Br. The van der Waals surface area contributed by atoms with Gasteiger partial charge < -0.3 is 5.11 Å². The molecule has 0 bridgehead atoms. The standard InChI is InChI=1S/C13H15BrO3S/c1-6-3-8(9(4-6)13(16)17)11(15)10-5-7(2)12(14)18-10/h5-6,8-9H,3-4H2,1-2H3,(H,16,17). The number of aryl methyl sites for hydroxylation is 1. The van der Waals surface area contributed by atoms with Gasteiger partial charge in [0, 0.05) is 5.92 Å². The van der Waals surface area contributed by atoms with Gasteiger partial charge in [-0.1, -0.05) is 6.92 Å². The van der Waals surface area contributed by atoms with Crippen LogP contribution < -0.4 is 0 Å². The molecule has 3 unspecified atom stereocenters. The number of rotatable bonds is 3. The topological polar surface area (TPSA) is 54.4 Å². The van der Waals surface area contributed by atoms with E-state index in [2.05, 4.69) is 15.9 Å². The molecule has 1 saturated carbocycles. The Hall–Kier alpha value is -0.680. The van der Waals surface area contributed by atoms with E-state index in [0.717, 1.165) is 9.35 Å². The molecule has 2 rings (SSSR count). The highest BCUT2D eigenvalue weighted by Gasteiger charge is 2.41. The van der Waals surface area contributed by atoms with E-state index in [9.17, 15) is 14.7 Å². The lowest BCUT2D eigenvalue weighted by atomic mass is 9.91. The minimum absolute atomic E-state index is 0.00875. The molecule has 0 aromatic carbocycles. The van der Waals surface area contributed by atoms with E-state index in [4.69, 9.17) is 0 Å². The van der Waals surface area contributed by atoms with E-state index in [1.807, 2.05) is 19.9 Å². The Labute approximate surface area is 118 Å². The van der Waals surface area contributed by atoms with Gasteiger partial charge in [-0.05, 0) is 53.2 Å². The number of halogens is 1. The number of hydrogen-bond donors (Lipinski definition) is 1. The van der Waals surface area contributed by atoms with Crippen molar-refractivity contribution in [3.63, 3.8) is 0 Å². The maximum absolute atomic E-state index is 12.4. The molecule has 1 N–H and O–H groups in total. The monoisotopic (exact) mass is 330 g/mol. The Morgan fingerprint density at radius 3 is 2.50 bits per heavy atom. The predicted octanol–water partition coefficient (Wildman–Crippen LogP) is 3.75. The number of carboxylic acids is 1. The summed E-state index contributed by atoms with van der Waals surface area (Å²) in [5.41, 5.74) is 1.03. The van der Waals surface area contributed by atoms with Crippen molar-refractivity contribution in [3.8, 4) is 0 Å². The zero-order chi connectivity index (χ0) is 13.4. The first-order valence-electron chi connectivity index (χ1n) is 5.93. The number of Topliss-reactive ketones (excluding diaryl/α,β-unsaturated/α-hetero) is 1. The number of carbonyl (C=O) groups is 2. The average molecular weight is 331 g/mol. The Bertz CT molecular complexity index is 475. The average Bonchev–Trinajstić information content (AvgIpc) is 2.82. The molecule has 18 heavy (non-hydrogen) atoms. The van der Waals surface area contributed by atoms with Crippen molar-refractivity contribution in [2.75, 3.05) is 0 Å². The first-order valence-corrected chi connectivity index (χ1v) is 7.54. The summed E-state index contributed by atoms with van der Waals surface area (Å²) in [4.78, 5) is 24.3. The van der Waals surface area contributed by atoms with E-state index in [1.54, 1.807) is 0 Å². The summed E-state index contributed by atoms with van der Waals surface area (Å²) in [7, 11) is 0. The van der Waals surface area contributed by atoms with Crippen LogP contribution in [0.2, 0.25) is 0 Å². The Balaban J connectivity index is 2.25. The Kier molecular flexibility index (Phi) is 3.92. The van der Waals surface area contributed by atoms with Gasteiger partial charge in [0.05, 0.1) is 14.6 Å². The molecule has 1 aromatic heterocycles. The zero-order valence-electron chi connectivity index (χ0n) is 10.3. The van der Waals surface area contributed by atoms with Crippen LogP contribution in [-0.4, -0.2) is 16.9 Å². The molecule has 98 valence electrons. The summed E-state index contributed by atoms with van der Waals surface area (Å²) in [5, 5.41) is 9.20. The molecule has 1 fully saturated rings. The summed E-state index contributed by atoms with van der Waals surface area (Å²) in [6, 6.07) is 1.85. The lowest BCUT2D eigenvalue weighted by molar-refractivity contribution is -0.142. The van der Waals surface area contributed by atoms with Crippen molar-refractivity contribution in [1.29, 1.82) is 0 Å². The molecule has 1 heterocycles. The second-order valence-corrected chi connectivity index (χ2v) is 7.43. The zero-order valence-corrected chi connectivity index (χ0v) is 12.7. The molecule has 0 aliphatic heterocycles. The highest BCUT2D eigenvalue weighted by atomic mass is 79.9. The summed E-state index contributed by atoms with van der Waals surface area (Å²) < 4.78 is 0.948. The Morgan fingerprint density at radius 2 is 2.00 bits per heavy atom. The van der Waals surface area contributed by atoms with Crippen LogP contribution in [0.15, 0.2) is 9.85 Å². The summed E-state index contributed by atoms with van der Waals surface area (Å²) >= 11 is 4.80. The molecule has 5 heteroatoms. The van der Waals surface area contributed by atoms with Gasteiger partial charge in [-0.25, -0.2) is 0 Å². The second-order valence-electron chi connectivity index (χ2n) is 5.06.